The van der Waals surface area contributed by atoms with Crippen LogP contribution >= 0.6 is 12.4 Å². The molecule has 0 radical (unpaired) electrons. The zero-order valence-electron chi connectivity index (χ0n) is 16.9. The Labute approximate surface area is 177 Å². The molecule has 0 fully saturated rings. The van der Waals surface area contributed by atoms with Gasteiger partial charge in [0.2, 0.25) is 0 Å². The van der Waals surface area contributed by atoms with Crippen LogP contribution in [0.4, 0.5) is 10.2 Å². The van der Waals surface area contributed by atoms with E-state index in [-0.39, 0.29) is 18.2 Å². The van der Waals surface area contributed by atoms with Gasteiger partial charge in [-0.2, -0.15) is 0 Å². The van der Waals surface area contributed by atoms with Gasteiger partial charge in [0.25, 0.3) is 0 Å². The zero-order valence-corrected chi connectivity index (χ0v) is 17.7. The van der Waals surface area contributed by atoms with E-state index in [1.165, 1.54) is 39.9 Å². The van der Waals surface area contributed by atoms with E-state index in [9.17, 15) is 4.39 Å². The summed E-state index contributed by atoms with van der Waals surface area (Å²) >= 11 is 0. The minimum atomic E-state index is -0.212. The summed E-state index contributed by atoms with van der Waals surface area (Å²) < 4.78 is 15.6. The summed E-state index contributed by atoms with van der Waals surface area (Å²) in [5.74, 6) is 0.660. The highest BCUT2D eigenvalue weighted by Gasteiger charge is 2.15. The molecule has 0 saturated heterocycles. The Morgan fingerprint density at radius 3 is 2.24 bits per heavy atom. The van der Waals surface area contributed by atoms with Crippen LogP contribution in [0.2, 0.25) is 0 Å². The average molecular weight is 410 g/mol. The van der Waals surface area contributed by atoms with Crippen LogP contribution in [0.5, 0.6) is 0 Å². The van der Waals surface area contributed by atoms with Crippen LogP contribution in [0, 0.1) is 26.6 Å². The molecule has 0 aliphatic carbocycles. The van der Waals surface area contributed by atoms with Gasteiger partial charge in [-0.25, -0.2) is 9.37 Å². The fraction of sp³-hybridized carbons (Fsp3) is 0.208. The molecule has 2 aromatic carbocycles. The number of aryl methyl sites for hydroxylation is 2. The minimum Gasteiger partial charge on any atom is -0.364 e. The summed E-state index contributed by atoms with van der Waals surface area (Å²) in [5.41, 5.74) is 7.07. The third kappa shape index (κ3) is 4.28. The molecule has 4 aromatic rings. The number of benzene rings is 2. The Bertz CT molecular complexity index is 1120. The van der Waals surface area contributed by atoms with Gasteiger partial charge < -0.3 is 9.88 Å². The predicted molar refractivity (Wildman–Crippen MR) is 120 cm³/mol. The molecule has 0 bridgehead atoms. The quantitative estimate of drug-likeness (QED) is 0.426. The Morgan fingerprint density at radius 2 is 1.55 bits per heavy atom. The van der Waals surface area contributed by atoms with Crippen LogP contribution in [0.3, 0.4) is 0 Å². The highest BCUT2D eigenvalue weighted by atomic mass is 35.5. The number of anilines is 1. The summed E-state index contributed by atoms with van der Waals surface area (Å²) in [6.07, 6.45) is 1.86. The van der Waals surface area contributed by atoms with E-state index in [1.807, 2.05) is 18.3 Å². The minimum absolute atomic E-state index is 0. The Kier molecular flexibility index (Phi) is 6.23. The first kappa shape index (κ1) is 20.9. The number of nitrogens with zero attached hydrogens (tertiary/aromatic N) is 2. The number of rotatable bonds is 5. The van der Waals surface area contributed by atoms with Crippen molar-refractivity contribution in [2.45, 2.75) is 33.9 Å². The first-order chi connectivity index (χ1) is 13.5. The molecule has 3 nitrogen and oxygen atoms in total. The normalized spacial score (nSPS) is 10.8. The van der Waals surface area contributed by atoms with Crippen molar-refractivity contribution in [3.05, 3.63) is 94.6 Å². The molecule has 0 spiro atoms. The monoisotopic (exact) mass is 409 g/mol. The van der Waals surface area contributed by atoms with Crippen molar-refractivity contribution in [1.82, 2.24) is 9.55 Å². The molecular weight excluding hydrogens is 385 g/mol. The van der Waals surface area contributed by atoms with Gasteiger partial charge in [0, 0.05) is 30.4 Å². The molecule has 1 N–H and O–H groups in total. The van der Waals surface area contributed by atoms with Gasteiger partial charge in [0.1, 0.15) is 5.82 Å². The summed E-state index contributed by atoms with van der Waals surface area (Å²) in [4.78, 5) is 4.62. The lowest BCUT2D eigenvalue weighted by molar-refractivity contribution is 0.626. The molecular formula is C24H25ClFN3. The van der Waals surface area contributed by atoms with Crippen molar-refractivity contribution >= 4 is 29.1 Å². The van der Waals surface area contributed by atoms with Crippen molar-refractivity contribution in [2.24, 2.45) is 0 Å². The van der Waals surface area contributed by atoms with Crippen LogP contribution in [-0.4, -0.2) is 9.55 Å². The van der Waals surface area contributed by atoms with Crippen molar-refractivity contribution in [3.8, 4) is 0 Å². The van der Waals surface area contributed by atoms with E-state index < -0.39 is 0 Å². The van der Waals surface area contributed by atoms with Gasteiger partial charge >= 0.3 is 0 Å². The molecule has 0 atom stereocenters. The van der Waals surface area contributed by atoms with Crippen molar-refractivity contribution < 1.29 is 4.39 Å². The summed E-state index contributed by atoms with van der Waals surface area (Å²) in [6.45, 7) is 7.76. The van der Waals surface area contributed by atoms with Crippen molar-refractivity contribution in [2.75, 3.05) is 5.32 Å². The first-order valence-electron chi connectivity index (χ1n) is 9.51. The van der Waals surface area contributed by atoms with E-state index in [4.69, 9.17) is 0 Å². The molecule has 29 heavy (non-hydrogen) atoms. The maximum absolute atomic E-state index is 13.3. The molecule has 5 heteroatoms. The topological polar surface area (TPSA) is 29.9 Å². The second kappa shape index (κ2) is 8.66. The highest BCUT2D eigenvalue weighted by Crippen LogP contribution is 2.30. The van der Waals surface area contributed by atoms with Crippen LogP contribution in [0.1, 0.15) is 27.9 Å². The van der Waals surface area contributed by atoms with E-state index in [2.05, 4.69) is 66.0 Å². The van der Waals surface area contributed by atoms with E-state index in [0.717, 1.165) is 16.9 Å². The van der Waals surface area contributed by atoms with E-state index >= 15 is 0 Å². The largest absolute Gasteiger partial charge is 0.364 e. The third-order valence-corrected chi connectivity index (χ3v) is 5.38. The number of hydrogen-bond acceptors (Lipinski definition) is 2. The molecule has 0 saturated carbocycles. The summed E-state index contributed by atoms with van der Waals surface area (Å²) in [6, 6.07) is 17.3. The second-order valence-electron chi connectivity index (χ2n) is 7.32. The van der Waals surface area contributed by atoms with Crippen molar-refractivity contribution in [1.29, 1.82) is 0 Å². The number of fused-ring (bicyclic) bond motifs is 1. The van der Waals surface area contributed by atoms with Crippen LogP contribution in [0.15, 0.2) is 60.8 Å². The number of hydrogen-bond donors (Lipinski definition) is 1. The number of nitrogens with one attached hydrogen (secondary N) is 1. The van der Waals surface area contributed by atoms with Crippen molar-refractivity contribution in [3.63, 3.8) is 0 Å². The molecule has 150 valence electrons. The van der Waals surface area contributed by atoms with E-state index in [0.29, 0.717) is 13.1 Å². The predicted octanol–water partition coefficient (Wildman–Crippen LogP) is 6.18. The molecule has 0 amide bonds. The van der Waals surface area contributed by atoms with Gasteiger partial charge in [0.15, 0.2) is 5.82 Å². The van der Waals surface area contributed by atoms with Crippen LogP contribution < -0.4 is 5.32 Å². The van der Waals surface area contributed by atoms with Crippen LogP contribution in [0.25, 0.3) is 10.9 Å². The molecule has 2 heterocycles. The molecule has 0 aliphatic rings. The Balaban J connectivity index is 0.00000240. The fourth-order valence-electron chi connectivity index (χ4n) is 3.59. The molecule has 0 aliphatic heterocycles. The molecule has 2 aromatic heterocycles. The lowest BCUT2D eigenvalue weighted by Gasteiger charge is -2.13. The summed E-state index contributed by atoms with van der Waals surface area (Å²) in [7, 11) is 0. The lowest BCUT2D eigenvalue weighted by atomic mass is 10.1. The van der Waals surface area contributed by atoms with Gasteiger partial charge in [-0.1, -0.05) is 42.0 Å². The number of aromatic nitrogens is 2. The summed E-state index contributed by atoms with van der Waals surface area (Å²) in [5, 5.41) is 4.70. The maximum atomic E-state index is 13.3. The smallest absolute Gasteiger partial charge is 0.150 e. The first-order valence-corrected chi connectivity index (χ1v) is 9.51. The third-order valence-electron chi connectivity index (χ3n) is 5.38. The molecule has 0 unspecified atom stereocenters. The van der Waals surface area contributed by atoms with Gasteiger partial charge in [0.05, 0.1) is 5.52 Å². The molecule has 4 rings (SSSR count). The standard InChI is InChI=1S/C24H24FN3.ClH/c1-16-4-6-19(7-5-16)14-27-24-23-22(12-13-26-24)17(2)18(3)28(23)15-20-8-10-21(25)11-9-20;/h4-13H,14-15H2,1-3H3,(H,26,27);1H. The Morgan fingerprint density at radius 1 is 0.897 bits per heavy atom. The highest BCUT2D eigenvalue weighted by molar-refractivity contribution is 5.93. The fourth-order valence-corrected chi connectivity index (χ4v) is 3.59. The number of halogens is 2. The van der Waals surface area contributed by atoms with E-state index in [1.54, 1.807) is 0 Å². The Hall–Kier alpha value is -2.85. The lowest BCUT2D eigenvalue weighted by Crippen LogP contribution is -2.07. The number of pyridine rings is 1. The van der Waals surface area contributed by atoms with Gasteiger partial charge in [-0.05, 0) is 55.7 Å². The average Bonchev–Trinajstić information content (AvgIpc) is 2.95. The maximum Gasteiger partial charge on any atom is 0.150 e. The van der Waals surface area contributed by atoms with Gasteiger partial charge in [-0.3, -0.25) is 0 Å². The van der Waals surface area contributed by atoms with Gasteiger partial charge in [-0.15, -0.1) is 12.4 Å². The zero-order chi connectivity index (χ0) is 19.7. The van der Waals surface area contributed by atoms with Crippen LogP contribution in [-0.2, 0) is 13.1 Å². The SMILES string of the molecule is Cc1ccc(CNc2nccc3c(C)c(C)n(Cc4ccc(F)cc4)c23)cc1.Cl. The second-order valence-corrected chi connectivity index (χ2v) is 7.32.